The maximum Gasteiger partial charge on any atom is 0.0735 e. The lowest BCUT2D eigenvalue weighted by Crippen LogP contribution is -2.37. The minimum absolute atomic E-state index is 0.238. The zero-order valence-corrected chi connectivity index (χ0v) is 13.1. The van der Waals surface area contributed by atoms with Crippen LogP contribution in [0.4, 0.5) is 5.69 Å². The molecule has 0 amide bonds. The van der Waals surface area contributed by atoms with Gasteiger partial charge in [0.25, 0.3) is 0 Å². The minimum Gasteiger partial charge on any atom is -0.391 e. The largest absolute Gasteiger partial charge is 0.391 e. The van der Waals surface area contributed by atoms with Crippen molar-refractivity contribution in [3.05, 3.63) is 28.2 Å². The Labute approximate surface area is 123 Å². The van der Waals surface area contributed by atoms with Gasteiger partial charge in [0.2, 0.25) is 0 Å². The molecule has 2 atom stereocenters. The normalized spacial score (nSPS) is 23.4. The van der Waals surface area contributed by atoms with E-state index in [4.69, 9.17) is 5.73 Å². The van der Waals surface area contributed by atoms with Crippen LogP contribution in [0.15, 0.2) is 22.7 Å². The fraction of sp³-hybridized carbons (Fsp3) is 0.571. The maximum absolute atomic E-state index is 9.92. The van der Waals surface area contributed by atoms with E-state index in [1.807, 2.05) is 0 Å². The second-order valence-electron chi connectivity index (χ2n) is 5.44. The molecule has 0 aromatic heterocycles. The Morgan fingerprint density at radius 2 is 2.21 bits per heavy atom. The van der Waals surface area contributed by atoms with Crippen LogP contribution < -0.4 is 10.6 Å². The van der Waals surface area contributed by atoms with E-state index in [1.54, 1.807) is 0 Å². The molecule has 0 saturated carbocycles. The highest BCUT2D eigenvalue weighted by molar-refractivity contribution is 9.10. The van der Waals surface area contributed by atoms with Crippen molar-refractivity contribution in [1.82, 2.24) is 4.90 Å². The lowest BCUT2D eigenvalue weighted by molar-refractivity contribution is 0.191. The van der Waals surface area contributed by atoms with Crippen LogP contribution in [-0.2, 0) is 6.54 Å². The molecule has 2 rings (SSSR count). The van der Waals surface area contributed by atoms with Gasteiger partial charge < -0.3 is 20.6 Å². The molecule has 1 saturated heterocycles. The molecule has 106 valence electrons. The van der Waals surface area contributed by atoms with Crippen LogP contribution in [-0.4, -0.2) is 49.3 Å². The second kappa shape index (κ2) is 6.22. The highest BCUT2D eigenvalue weighted by atomic mass is 79.9. The first-order valence-electron chi connectivity index (χ1n) is 6.59. The van der Waals surface area contributed by atoms with Gasteiger partial charge in [-0.05, 0) is 38.2 Å². The molecule has 0 spiro atoms. The molecule has 4 nitrogen and oxygen atoms in total. The Kier molecular flexibility index (Phi) is 4.84. The first kappa shape index (κ1) is 14.8. The van der Waals surface area contributed by atoms with Gasteiger partial charge in [0, 0.05) is 35.8 Å². The number of nitrogens with zero attached hydrogens (tertiary/aromatic N) is 2. The van der Waals surface area contributed by atoms with E-state index < -0.39 is 0 Å². The van der Waals surface area contributed by atoms with E-state index in [9.17, 15) is 5.11 Å². The fourth-order valence-corrected chi connectivity index (χ4v) is 3.21. The Balaban J connectivity index is 2.21. The molecule has 1 aromatic rings. The van der Waals surface area contributed by atoms with Gasteiger partial charge in [-0.3, -0.25) is 0 Å². The molecule has 2 unspecified atom stereocenters. The van der Waals surface area contributed by atoms with Gasteiger partial charge >= 0.3 is 0 Å². The van der Waals surface area contributed by atoms with Crippen LogP contribution in [0.3, 0.4) is 0 Å². The van der Waals surface area contributed by atoms with E-state index in [2.05, 4.69) is 58.0 Å². The number of hydrogen-bond donors (Lipinski definition) is 2. The monoisotopic (exact) mass is 327 g/mol. The van der Waals surface area contributed by atoms with Crippen molar-refractivity contribution in [1.29, 1.82) is 0 Å². The molecular formula is C14H22BrN3O. The van der Waals surface area contributed by atoms with Gasteiger partial charge in [-0.15, -0.1) is 0 Å². The van der Waals surface area contributed by atoms with E-state index in [1.165, 1.54) is 0 Å². The van der Waals surface area contributed by atoms with Crippen LogP contribution in [0.5, 0.6) is 0 Å². The summed E-state index contributed by atoms with van der Waals surface area (Å²) in [6.07, 6.45) is 0.590. The Morgan fingerprint density at radius 1 is 1.47 bits per heavy atom. The van der Waals surface area contributed by atoms with Crippen molar-refractivity contribution >= 4 is 21.6 Å². The smallest absolute Gasteiger partial charge is 0.0735 e. The molecule has 1 aromatic carbocycles. The quantitative estimate of drug-likeness (QED) is 0.878. The number of hydrogen-bond acceptors (Lipinski definition) is 4. The lowest BCUT2D eigenvalue weighted by atomic mass is 10.1. The van der Waals surface area contributed by atoms with Crippen molar-refractivity contribution in [2.75, 3.05) is 32.1 Å². The number of rotatable bonds is 4. The van der Waals surface area contributed by atoms with Crippen LogP contribution in [0.2, 0.25) is 0 Å². The molecule has 1 heterocycles. The van der Waals surface area contributed by atoms with Crippen molar-refractivity contribution in [3.63, 3.8) is 0 Å². The van der Waals surface area contributed by atoms with Gasteiger partial charge in [-0.2, -0.15) is 0 Å². The first-order valence-corrected chi connectivity index (χ1v) is 7.38. The van der Waals surface area contributed by atoms with Gasteiger partial charge in [-0.25, -0.2) is 0 Å². The number of aliphatic hydroxyl groups is 1. The van der Waals surface area contributed by atoms with E-state index in [-0.39, 0.29) is 6.10 Å². The summed E-state index contributed by atoms with van der Waals surface area (Å²) in [4.78, 5) is 4.45. The van der Waals surface area contributed by atoms with E-state index >= 15 is 0 Å². The zero-order valence-electron chi connectivity index (χ0n) is 11.5. The number of benzene rings is 1. The zero-order chi connectivity index (χ0) is 14.0. The molecule has 0 radical (unpaired) electrons. The number of anilines is 1. The third kappa shape index (κ3) is 3.48. The Bertz CT molecular complexity index is 439. The highest BCUT2D eigenvalue weighted by Gasteiger charge is 2.31. The fourth-order valence-electron chi connectivity index (χ4n) is 2.68. The summed E-state index contributed by atoms with van der Waals surface area (Å²) in [7, 11) is 4.13. The van der Waals surface area contributed by atoms with Crippen molar-refractivity contribution in [3.8, 4) is 0 Å². The molecule has 0 aliphatic carbocycles. The topological polar surface area (TPSA) is 52.7 Å². The summed E-state index contributed by atoms with van der Waals surface area (Å²) in [5.41, 5.74) is 7.93. The number of halogens is 1. The molecular weight excluding hydrogens is 306 g/mol. The Hall–Kier alpha value is -0.620. The summed E-state index contributed by atoms with van der Waals surface area (Å²) in [6.45, 7) is 2.19. The SMILES string of the molecule is CN(C)CC1CC(O)CN1c1ccc(CN)c(Br)c1. The minimum atomic E-state index is -0.238. The summed E-state index contributed by atoms with van der Waals surface area (Å²) in [6, 6.07) is 6.61. The number of aliphatic hydroxyl groups excluding tert-OH is 1. The third-order valence-electron chi connectivity index (χ3n) is 3.56. The predicted molar refractivity (Wildman–Crippen MR) is 82.3 cm³/mol. The molecule has 1 aliphatic heterocycles. The van der Waals surface area contributed by atoms with Crippen LogP contribution in [0.25, 0.3) is 0 Å². The molecule has 0 bridgehead atoms. The number of nitrogens with two attached hydrogens (primary N) is 1. The second-order valence-corrected chi connectivity index (χ2v) is 6.29. The van der Waals surface area contributed by atoms with Crippen LogP contribution in [0.1, 0.15) is 12.0 Å². The van der Waals surface area contributed by atoms with Gasteiger partial charge in [0.15, 0.2) is 0 Å². The molecule has 19 heavy (non-hydrogen) atoms. The lowest BCUT2D eigenvalue weighted by Gasteiger charge is -2.29. The van der Waals surface area contributed by atoms with Crippen molar-refractivity contribution < 1.29 is 5.11 Å². The number of likely N-dealkylation sites (N-methyl/N-ethyl adjacent to an activating group) is 1. The predicted octanol–water partition coefficient (Wildman–Crippen LogP) is 1.41. The summed E-state index contributed by atoms with van der Waals surface area (Å²) >= 11 is 3.56. The van der Waals surface area contributed by atoms with Gasteiger partial charge in [0.1, 0.15) is 0 Å². The molecule has 1 aliphatic rings. The van der Waals surface area contributed by atoms with E-state index in [0.29, 0.717) is 19.1 Å². The standard InChI is InChI=1S/C14H22BrN3O/c1-17(2)8-12-5-13(19)9-18(12)11-4-3-10(7-16)14(15)6-11/h3-4,6,12-13,19H,5,7-9,16H2,1-2H3. The average molecular weight is 328 g/mol. The molecule has 3 N–H and O–H groups in total. The maximum atomic E-state index is 9.92. The molecule has 5 heteroatoms. The summed E-state index contributed by atoms with van der Waals surface area (Å²) in [5, 5.41) is 9.92. The van der Waals surface area contributed by atoms with Gasteiger partial charge in [0.05, 0.1) is 6.10 Å². The van der Waals surface area contributed by atoms with Crippen molar-refractivity contribution in [2.45, 2.75) is 25.1 Å². The highest BCUT2D eigenvalue weighted by Crippen LogP contribution is 2.30. The van der Waals surface area contributed by atoms with E-state index in [0.717, 1.165) is 28.7 Å². The molecule has 1 fully saturated rings. The average Bonchev–Trinajstić information content (AvgIpc) is 2.69. The summed E-state index contributed by atoms with van der Waals surface area (Å²) < 4.78 is 1.04. The van der Waals surface area contributed by atoms with Gasteiger partial charge in [-0.1, -0.05) is 22.0 Å². The first-order chi connectivity index (χ1) is 9.01. The van der Waals surface area contributed by atoms with Crippen molar-refractivity contribution in [2.24, 2.45) is 5.73 Å². The van der Waals surface area contributed by atoms with Crippen LogP contribution >= 0.6 is 15.9 Å². The Morgan fingerprint density at radius 3 is 2.79 bits per heavy atom. The van der Waals surface area contributed by atoms with Crippen LogP contribution in [0, 0.1) is 0 Å². The summed E-state index contributed by atoms with van der Waals surface area (Å²) in [5.74, 6) is 0. The third-order valence-corrected chi connectivity index (χ3v) is 4.29. The number of β-amino-alcohol motifs (C(OH)–C–C–N with tert-alkyl or cyclic N) is 1.